The molecule has 1 fully saturated rings. The van der Waals surface area contributed by atoms with Crippen molar-refractivity contribution in [1.29, 1.82) is 0 Å². The van der Waals surface area contributed by atoms with Crippen LogP contribution in [0.4, 0.5) is 0 Å². The number of hydrogen-bond acceptors (Lipinski definition) is 6. The summed E-state index contributed by atoms with van der Waals surface area (Å²) in [6.45, 7) is 10.9. The monoisotopic (exact) mass is 439 g/mol. The zero-order valence-electron chi connectivity index (χ0n) is 19.6. The Hall–Kier alpha value is -2.25. The second-order valence-electron chi connectivity index (χ2n) is 10.5. The number of phenolic OH excluding ortho intramolecular Hbond substituents is 2. The summed E-state index contributed by atoms with van der Waals surface area (Å²) < 4.78 is 6.36. The van der Waals surface area contributed by atoms with Gasteiger partial charge in [0.2, 0.25) is 0 Å². The van der Waals surface area contributed by atoms with E-state index in [2.05, 4.69) is 25.8 Å². The second kappa shape index (κ2) is 7.96. The van der Waals surface area contributed by atoms with Gasteiger partial charge in [-0.3, -0.25) is 4.99 Å². The number of aromatic hydroxyl groups is 2. The molecule has 2 aromatic rings. The second-order valence-corrected chi connectivity index (χ2v) is 10.5. The van der Waals surface area contributed by atoms with E-state index in [1.807, 2.05) is 26.1 Å². The average molecular weight is 439 g/mol. The zero-order chi connectivity index (χ0) is 23.4. The lowest BCUT2D eigenvalue weighted by atomic mass is 9.53. The molecule has 0 radical (unpaired) electrons. The van der Waals surface area contributed by atoms with E-state index in [9.17, 15) is 20.3 Å². The van der Waals surface area contributed by atoms with E-state index in [1.165, 1.54) is 6.07 Å². The molecule has 3 unspecified atom stereocenters. The highest BCUT2D eigenvalue weighted by molar-refractivity contribution is 6.63. The first-order valence-electron chi connectivity index (χ1n) is 11.6. The molecule has 6 nitrogen and oxygen atoms in total. The highest BCUT2D eigenvalue weighted by atomic mass is 16.4. The number of rotatable bonds is 3. The smallest absolute Gasteiger partial charge is 0.496 e. The van der Waals surface area contributed by atoms with E-state index in [-0.39, 0.29) is 33.5 Å². The molecule has 7 heteroatoms. The minimum atomic E-state index is -1.97. The molecule has 0 amide bonds. The van der Waals surface area contributed by atoms with Crippen LogP contribution in [0.3, 0.4) is 0 Å². The molecule has 172 valence electrons. The van der Waals surface area contributed by atoms with Gasteiger partial charge in [-0.2, -0.15) is 0 Å². The standard InChI is InChI=1S/C25H34BNO5/c1-6-14(2)27-13-15-8-9-18-24(3,4)10-7-11-25(18,5)19-16-12-17(28)21(29)20(26(30)31)23(16)32-22(15)19/h6,12-13,15,18,28-31H,7-11H2,1-5H3/b14-6+,27-13?. The van der Waals surface area contributed by atoms with Gasteiger partial charge < -0.3 is 24.7 Å². The first kappa shape index (κ1) is 22.9. The normalized spacial score (nSPS) is 27.9. The third-order valence-electron chi connectivity index (χ3n) is 8.03. The Balaban J connectivity index is 2.06. The fourth-order valence-electron chi connectivity index (χ4n) is 6.37. The van der Waals surface area contributed by atoms with Crippen LogP contribution >= 0.6 is 0 Å². The van der Waals surface area contributed by atoms with E-state index < -0.39 is 12.9 Å². The number of hydrogen-bond donors (Lipinski definition) is 4. The quantitative estimate of drug-likeness (QED) is 0.321. The molecule has 2 aliphatic carbocycles. The van der Waals surface area contributed by atoms with Crippen molar-refractivity contribution in [3.8, 4) is 11.5 Å². The highest BCUT2D eigenvalue weighted by Gasteiger charge is 2.52. The Morgan fingerprint density at radius 1 is 1.19 bits per heavy atom. The number of benzene rings is 1. The fraction of sp³-hybridized carbons (Fsp3) is 0.560. The molecule has 0 bridgehead atoms. The molecule has 3 atom stereocenters. The molecular weight excluding hydrogens is 405 g/mol. The molecule has 2 aliphatic rings. The van der Waals surface area contributed by atoms with E-state index in [0.717, 1.165) is 49.1 Å². The predicted octanol–water partition coefficient (Wildman–Crippen LogP) is 4.48. The summed E-state index contributed by atoms with van der Waals surface area (Å²) in [5.41, 5.74) is 1.89. The largest absolute Gasteiger partial charge is 0.504 e. The van der Waals surface area contributed by atoms with Gasteiger partial charge in [0, 0.05) is 22.9 Å². The van der Waals surface area contributed by atoms with Gasteiger partial charge in [-0.25, -0.2) is 0 Å². The van der Waals surface area contributed by atoms with Gasteiger partial charge in [-0.05, 0) is 62.3 Å². The lowest BCUT2D eigenvalue weighted by molar-refractivity contribution is 0.0507. The highest BCUT2D eigenvalue weighted by Crippen LogP contribution is 2.59. The Labute approximate surface area is 189 Å². The van der Waals surface area contributed by atoms with Gasteiger partial charge in [0.05, 0.1) is 11.4 Å². The van der Waals surface area contributed by atoms with Crippen molar-refractivity contribution in [2.45, 2.75) is 78.1 Å². The summed E-state index contributed by atoms with van der Waals surface area (Å²) >= 11 is 0. The maximum atomic E-state index is 10.4. The maximum Gasteiger partial charge on any atom is 0.496 e. The van der Waals surface area contributed by atoms with Crippen LogP contribution in [0, 0.1) is 11.3 Å². The Morgan fingerprint density at radius 2 is 1.91 bits per heavy atom. The van der Waals surface area contributed by atoms with Crippen molar-refractivity contribution < 1.29 is 24.7 Å². The lowest BCUT2D eigenvalue weighted by Gasteiger charge is -2.50. The number of furan rings is 1. The van der Waals surface area contributed by atoms with Gasteiger partial charge >= 0.3 is 7.12 Å². The van der Waals surface area contributed by atoms with Gasteiger partial charge in [0.15, 0.2) is 11.5 Å². The van der Waals surface area contributed by atoms with Crippen molar-refractivity contribution in [3.63, 3.8) is 0 Å². The molecule has 0 aliphatic heterocycles. The number of aliphatic imine (C=N–C) groups is 1. The van der Waals surface area contributed by atoms with E-state index in [1.54, 1.807) is 0 Å². The average Bonchev–Trinajstić information content (AvgIpc) is 3.02. The number of phenols is 2. The van der Waals surface area contributed by atoms with E-state index in [4.69, 9.17) is 4.42 Å². The van der Waals surface area contributed by atoms with Crippen LogP contribution in [0.5, 0.6) is 11.5 Å². The van der Waals surface area contributed by atoms with Gasteiger partial charge in [-0.1, -0.05) is 33.3 Å². The summed E-state index contributed by atoms with van der Waals surface area (Å²) in [6.07, 6.45) is 9.00. The number of nitrogens with zero attached hydrogens (tertiary/aromatic N) is 1. The van der Waals surface area contributed by atoms with Crippen LogP contribution in [-0.4, -0.2) is 33.6 Å². The van der Waals surface area contributed by atoms with Gasteiger partial charge in [0.1, 0.15) is 11.3 Å². The molecule has 32 heavy (non-hydrogen) atoms. The van der Waals surface area contributed by atoms with Crippen LogP contribution in [-0.2, 0) is 5.41 Å². The van der Waals surface area contributed by atoms with Crippen molar-refractivity contribution in [2.75, 3.05) is 0 Å². The summed E-state index contributed by atoms with van der Waals surface area (Å²) in [4.78, 5) is 4.62. The van der Waals surface area contributed by atoms with Crippen molar-refractivity contribution in [2.24, 2.45) is 16.3 Å². The Bertz CT molecular complexity index is 1100. The van der Waals surface area contributed by atoms with Crippen LogP contribution in [0.25, 0.3) is 11.0 Å². The minimum Gasteiger partial charge on any atom is -0.504 e. The third kappa shape index (κ3) is 3.46. The van der Waals surface area contributed by atoms with Crippen LogP contribution in [0.2, 0.25) is 0 Å². The van der Waals surface area contributed by atoms with Gasteiger partial charge in [0.25, 0.3) is 0 Å². The molecule has 0 saturated heterocycles. The zero-order valence-corrected chi connectivity index (χ0v) is 19.6. The molecule has 1 aromatic heterocycles. The SMILES string of the molecule is C/C=C(\C)N=CC1CCC2C(C)(C)CCCC2(C)c2c1oc1c(B(O)O)c(O)c(O)cc21. The first-order chi connectivity index (χ1) is 15.0. The van der Waals surface area contributed by atoms with E-state index in [0.29, 0.717) is 11.3 Å². The molecule has 4 rings (SSSR count). The van der Waals surface area contributed by atoms with Crippen molar-refractivity contribution >= 4 is 29.8 Å². The Morgan fingerprint density at radius 3 is 2.56 bits per heavy atom. The first-order valence-corrected chi connectivity index (χ1v) is 11.6. The molecular formula is C25H34BNO5. The van der Waals surface area contributed by atoms with E-state index >= 15 is 0 Å². The molecule has 1 heterocycles. The fourth-order valence-corrected chi connectivity index (χ4v) is 6.37. The number of fused-ring (bicyclic) bond motifs is 5. The van der Waals surface area contributed by atoms with Gasteiger partial charge in [-0.15, -0.1) is 0 Å². The lowest BCUT2D eigenvalue weighted by Crippen LogP contribution is -2.44. The van der Waals surface area contributed by atoms with Crippen LogP contribution in [0.1, 0.15) is 84.0 Å². The molecule has 4 N–H and O–H groups in total. The summed E-state index contributed by atoms with van der Waals surface area (Å²) in [6, 6.07) is 1.51. The molecule has 1 saturated carbocycles. The van der Waals surface area contributed by atoms with Crippen LogP contribution < -0.4 is 5.46 Å². The summed E-state index contributed by atoms with van der Waals surface area (Å²) in [7, 11) is -1.97. The minimum absolute atomic E-state index is 0.0847. The molecule has 0 spiro atoms. The molecule has 1 aromatic carbocycles. The number of allylic oxidation sites excluding steroid dienone is 2. The predicted molar refractivity (Wildman–Crippen MR) is 128 cm³/mol. The van der Waals surface area contributed by atoms with Crippen LogP contribution in [0.15, 0.2) is 27.2 Å². The van der Waals surface area contributed by atoms with Crippen molar-refractivity contribution in [1.82, 2.24) is 0 Å². The Kier molecular flexibility index (Phi) is 5.70. The van der Waals surface area contributed by atoms with Crippen molar-refractivity contribution in [3.05, 3.63) is 29.2 Å². The third-order valence-corrected chi connectivity index (χ3v) is 8.03. The maximum absolute atomic E-state index is 10.4. The summed E-state index contributed by atoms with van der Waals surface area (Å²) in [5.74, 6) is 0.124. The topological polar surface area (TPSA) is 106 Å². The summed E-state index contributed by atoms with van der Waals surface area (Å²) in [5, 5.41) is 41.4.